The normalized spacial score (nSPS) is 21.4. The maximum absolute atomic E-state index is 10.3. The fraction of sp³-hybridized carbons (Fsp3) is 0.889. The summed E-state index contributed by atoms with van der Waals surface area (Å²) >= 11 is 0. The first-order chi connectivity index (χ1) is 5.18. The standard InChI is InChI=1S/C9H16O2/c1-8(2)5-9(3-4-10)6-11-7-9/h4,8H,3,5-7H2,1-2H3. The maximum atomic E-state index is 10.3. The summed E-state index contributed by atoms with van der Waals surface area (Å²) in [5.74, 6) is 0.666. The van der Waals surface area contributed by atoms with Crippen LogP contribution in [0.2, 0.25) is 0 Å². The van der Waals surface area contributed by atoms with Crippen molar-refractivity contribution in [2.24, 2.45) is 11.3 Å². The van der Waals surface area contributed by atoms with E-state index in [1.54, 1.807) is 0 Å². The number of carbonyl (C=O) groups excluding carboxylic acids is 1. The summed E-state index contributed by atoms with van der Waals surface area (Å²) in [6, 6.07) is 0. The number of aldehydes is 1. The highest BCUT2D eigenvalue weighted by atomic mass is 16.5. The highest BCUT2D eigenvalue weighted by Gasteiger charge is 2.38. The molecule has 1 fully saturated rings. The summed E-state index contributed by atoms with van der Waals surface area (Å²) in [6.07, 6.45) is 2.81. The molecule has 1 aliphatic heterocycles. The second-order valence-corrected chi connectivity index (χ2v) is 3.96. The van der Waals surface area contributed by atoms with Crippen LogP contribution >= 0.6 is 0 Å². The number of carbonyl (C=O) groups is 1. The molecule has 0 aromatic heterocycles. The average molecular weight is 156 g/mol. The van der Waals surface area contributed by atoms with Crippen LogP contribution in [0.5, 0.6) is 0 Å². The average Bonchev–Trinajstić information content (AvgIpc) is 1.82. The third-order valence-corrected chi connectivity index (χ3v) is 2.17. The summed E-state index contributed by atoms with van der Waals surface area (Å²) in [7, 11) is 0. The molecule has 1 heterocycles. The largest absolute Gasteiger partial charge is 0.380 e. The van der Waals surface area contributed by atoms with Gasteiger partial charge < -0.3 is 9.53 Å². The number of rotatable bonds is 4. The van der Waals surface area contributed by atoms with E-state index in [4.69, 9.17) is 4.74 Å². The molecule has 0 radical (unpaired) electrons. The van der Waals surface area contributed by atoms with Gasteiger partial charge in [0.15, 0.2) is 0 Å². The van der Waals surface area contributed by atoms with Gasteiger partial charge >= 0.3 is 0 Å². The van der Waals surface area contributed by atoms with E-state index in [9.17, 15) is 4.79 Å². The Labute approximate surface area is 67.9 Å². The summed E-state index contributed by atoms with van der Waals surface area (Å²) in [5.41, 5.74) is 0.204. The minimum absolute atomic E-state index is 0.204. The van der Waals surface area contributed by atoms with E-state index in [0.717, 1.165) is 25.9 Å². The quantitative estimate of drug-likeness (QED) is 0.578. The van der Waals surface area contributed by atoms with Crippen LogP contribution in [-0.2, 0) is 9.53 Å². The van der Waals surface area contributed by atoms with Crippen molar-refractivity contribution < 1.29 is 9.53 Å². The molecule has 1 rings (SSSR count). The fourth-order valence-corrected chi connectivity index (χ4v) is 1.75. The van der Waals surface area contributed by atoms with E-state index in [2.05, 4.69) is 13.8 Å². The van der Waals surface area contributed by atoms with Crippen LogP contribution < -0.4 is 0 Å². The molecule has 11 heavy (non-hydrogen) atoms. The summed E-state index contributed by atoms with van der Waals surface area (Å²) in [5, 5.41) is 0. The van der Waals surface area contributed by atoms with Crippen molar-refractivity contribution in [3.8, 4) is 0 Å². The molecule has 2 heteroatoms. The first-order valence-electron chi connectivity index (χ1n) is 4.20. The molecule has 0 aliphatic carbocycles. The van der Waals surface area contributed by atoms with Crippen molar-refractivity contribution in [1.82, 2.24) is 0 Å². The monoisotopic (exact) mass is 156 g/mol. The van der Waals surface area contributed by atoms with Gasteiger partial charge in [0.05, 0.1) is 13.2 Å². The van der Waals surface area contributed by atoms with Gasteiger partial charge in [-0.25, -0.2) is 0 Å². The minimum Gasteiger partial charge on any atom is -0.380 e. The van der Waals surface area contributed by atoms with Crippen LogP contribution in [0.1, 0.15) is 26.7 Å². The summed E-state index contributed by atoms with van der Waals surface area (Å²) in [6.45, 7) is 5.93. The van der Waals surface area contributed by atoms with Gasteiger partial charge in [0.2, 0.25) is 0 Å². The molecule has 2 nitrogen and oxygen atoms in total. The number of hydrogen-bond acceptors (Lipinski definition) is 2. The third kappa shape index (κ3) is 2.03. The Morgan fingerprint density at radius 2 is 2.18 bits per heavy atom. The van der Waals surface area contributed by atoms with E-state index in [0.29, 0.717) is 12.3 Å². The lowest BCUT2D eigenvalue weighted by molar-refractivity contribution is -0.138. The zero-order valence-corrected chi connectivity index (χ0v) is 7.30. The van der Waals surface area contributed by atoms with E-state index >= 15 is 0 Å². The molecule has 0 atom stereocenters. The van der Waals surface area contributed by atoms with Crippen LogP contribution in [-0.4, -0.2) is 19.5 Å². The second-order valence-electron chi connectivity index (χ2n) is 3.96. The highest BCUT2D eigenvalue weighted by molar-refractivity contribution is 5.51. The Hall–Kier alpha value is -0.370. The lowest BCUT2D eigenvalue weighted by atomic mass is 9.76. The van der Waals surface area contributed by atoms with Gasteiger partial charge in [-0.15, -0.1) is 0 Å². The zero-order chi connectivity index (χ0) is 8.32. The predicted octanol–water partition coefficient (Wildman–Crippen LogP) is 1.64. The van der Waals surface area contributed by atoms with E-state index < -0.39 is 0 Å². The molecular weight excluding hydrogens is 140 g/mol. The van der Waals surface area contributed by atoms with Crippen LogP contribution in [0, 0.1) is 11.3 Å². The second kappa shape index (κ2) is 3.35. The molecule has 0 unspecified atom stereocenters. The van der Waals surface area contributed by atoms with Crippen molar-refractivity contribution in [2.45, 2.75) is 26.7 Å². The van der Waals surface area contributed by atoms with E-state index in [-0.39, 0.29) is 5.41 Å². The van der Waals surface area contributed by atoms with Crippen LogP contribution in [0.4, 0.5) is 0 Å². The van der Waals surface area contributed by atoms with Crippen LogP contribution in [0.3, 0.4) is 0 Å². The molecule has 0 spiro atoms. The first kappa shape index (κ1) is 8.72. The SMILES string of the molecule is CC(C)CC1(CC=O)COC1. The van der Waals surface area contributed by atoms with E-state index in [1.165, 1.54) is 0 Å². The smallest absolute Gasteiger partial charge is 0.120 e. The Morgan fingerprint density at radius 1 is 1.55 bits per heavy atom. The number of ether oxygens (including phenoxy) is 1. The molecule has 0 saturated carbocycles. The van der Waals surface area contributed by atoms with Crippen molar-refractivity contribution in [1.29, 1.82) is 0 Å². The minimum atomic E-state index is 0.204. The fourth-order valence-electron chi connectivity index (χ4n) is 1.75. The summed E-state index contributed by atoms with van der Waals surface area (Å²) in [4.78, 5) is 10.3. The third-order valence-electron chi connectivity index (χ3n) is 2.17. The first-order valence-corrected chi connectivity index (χ1v) is 4.20. The van der Waals surface area contributed by atoms with Gasteiger partial charge in [-0.05, 0) is 12.3 Å². The van der Waals surface area contributed by atoms with Crippen molar-refractivity contribution in [2.75, 3.05) is 13.2 Å². The maximum Gasteiger partial charge on any atom is 0.120 e. The molecule has 0 N–H and O–H groups in total. The van der Waals surface area contributed by atoms with Crippen LogP contribution in [0.15, 0.2) is 0 Å². The molecule has 1 saturated heterocycles. The van der Waals surface area contributed by atoms with Crippen molar-refractivity contribution in [3.63, 3.8) is 0 Å². The highest BCUT2D eigenvalue weighted by Crippen LogP contribution is 2.36. The Bertz CT molecular complexity index is 136. The molecule has 1 aliphatic rings. The lowest BCUT2D eigenvalue weighted by Crippen LogP contribution is -2.43. The molecule has 0 aromatic rings. The van der Waals surface area contributed by atoms with Crippen LogP contribution in [0.25, 0.3) is 0 Å². The lowest BCUT2D eigenvalue weighted by Gasteiger charge is -2.41. The van der Waals surface area contributed by atoms with Crippen molar-refractivity contribution in [3.05, 3.63) is 0 Å². The summed E-state index contributed by atoms with van der Waals surface area (Å²) < 4.78 is 5.13. The van der Waals surface area contributed by atoms with Gasteiger partial charge in [-0.1, -0.05) is 13.8 Å². The van der Waals surface area contributed by atoms with E-state index in [1.807, 2.05) is 0 Å². The van der Waals surface area contributed by atoms with Gasteiger partial charge in [-0.2, -0.15) is 0 Å². The van der Waals surface area contributed by atoms with Gasteiger partial charge in [0, 0.05) is 11.8 Å². The Kier molecular flexibility index (Phi) is 2.66. The van der Waals surface area contributed by atoms with Gasteiger partial charge in [-0.3, -0.25) is 0 Å². The zero-order valence-electron chi connectivity index (χ0n) is 7.30. The van der Waals surface area contributed by atoms with Gasteiger partial charge in [0.1, 0.15) is 6.29 Å². The molecule has 0 bridgehead atoms. The molecule has 64 valence electrons. The van der Waals surface area contributed by atoms with Crippen molar-refractivity contribution >= 4 is 6.29 Å². The number of hydrogen-bond donors (Lipinski definition) is 0. The Morgan fingerprint density at radius 3 is 2.45 bits per heavy atom. The Balaban J connectivity index is 2.39. The topological polar surface area (TPSA) is 26.3 Å². The molecule has 0 aromatic carbocycles. The predicted molar refractivity (Wildman–Crippen MR) is 43.4 cm³/mol. The molecular formula is C9H16O2. The van der Waals surface area contributed by atoms with Gasteiger partial charge in [0.25, 0.3) is 0 Å². The molecule has 0 amide bonds.